The van der Waals surface area contributed by atoms with Gasteiger partial charge in [-0.05, 0) is 43.6 Å². The van der Waals surface area contributed by atoms with Gasteiger partial charge in [0.05, 0.1) is 0 Å². The van der Waals surface area contributed by atoms with Crippen molar-refractivity contribution in [3.8, 4) is 0 Å². The summed E-state index contributed by atoms with van der Waals surface area (Å²) in [7, 11) is 0. The zero-order valence-corrected chi connectivity index (χ0v) is 11.7. The maximum atomic E-state index is 12.4. The Bertz CT molecular complexity index is 454. The molecule has 18 heavy (non-hydrogen) atoms. The molecule has 0 spiro atoms. The van der Waals surface area contributed by atoms with E-state index in [4.69, 9.17) is 0 Å². The van der Waals surface area contributed by atoms with Crippen LogP contribution in [0.3, 0.4) is 0 Å². The first-order valence-corrected chi connectivity index (χ1v) is 6.98. The van der Waals surface area contributed by atoms with Crippen LogP contribution in [0.1, 0.15) is 47.0 Å². The zero-order valence-electron chi connectivity index (χ0n) is 11.7. The Morgan fingerprint density at radius 2 is 1.94 bits per heavy atom. The molecular formula is C16H22O2. The summed E-state index contributed by atoms with van der Waals surface area (Å²) in [6.07, 6.45) is 4.65. The summed E-state index contributed by atoms with van der Waals surface area (Å²) in [5.41, 5.74) is 2.26. The summed E-state index contributed by atoms with van der Waals surface area (Å²) in [6, 6.07) is 0. The normalized spacial score (nSPS) is 30.1. The fourth-order valence-corrected chi connectivity index (χ4v) is 3.26. The molecule has 0 saturated carbocycles. The second kappa shape index (κ2) is 4.83. The second-order valence-corrected chi connectivity index (χ2v) is 5.82. The van der Waals surface area contributed by atoms with Gasteiger partial charge in [-0.25, -0.2) is 0 Å². The van der Waals surface area contributed by atoms with E-state index in [1.54, 1.807) is 6.92 Å². The third-order valence-electron chi connectivity index (χ3n) is 4.61. The standard InChI is InChI=1S/C16H22O2/c1-5-9(2)12-7-6-10(3)14-13(17)8-11(4)16(18)15(12)14/h8-10,12H,5-7H2,1-4H3. The fourth-order valence-electron chi connectivity index (χ4n) is 3.26. The SMILES string of the molecule is CCC(C)C1CCC(C)C2=C1C(=O)C(C)=CC2=O. The van der Waals surface area contributed by atoms with Crippen LogP contribution in [-0.4, -0.2) is 11.6 Å². The van der Waals surface area contributed by atoms with Crippen LogP contribution in [0.2, 0.25) is 0 Å². The van der Waals surface area contributed by atoms with Crippen LogP contribution >= 0.6 is 0 Å². The number of carbonyl (C=O) groups excluding carboxylic acids is 2. The molecule has 2 rings (SSSR count). The van der Waals surface area contributed by atoms with E-state index < -0.39 is 0 Å². The van der Waals surface area contributed by atoms with E-state index in [1.165, 1.54) is 6.08 Å². The molecule has 0 saturated heterocycles. The predicted molar refractivity (Wildman–Crippen MR) is 72.1 cm³/mol. The number of hydrogen-bond donors (Lipinski definition) is 0. The summed E-state index contributed by atoms with van der Waals surface area (Å²) in [5, 5.41) is 0. The quantitative estimate of drug-likeness (QED) is 0.699. The van der Waals surface area contributed by atoms with Gasteiger partial charge in [-0.15, -0.1) is 0 Å². The molecule has 98 valence electrons. The van der Waals surface area contributed by atoms with Crippen molar-refractivity contribution in [2.75, 3.05) is 0 Å². The largest absolute Gasteiger partial charge is 0.290 e. The average Bonchev–Trinajstić information content (AvgIpc) is 2.34. The molecule has 0 amide bonds. The first kappa shape index (κ1) is 13.3. The van der Waals surface area contributed by atoms with Crippen molar-refractivity contribution in [2.45, 2.75) is 47.0 Å². The molecule has 2 nitrogen and oxygen atoms in total. The lowest BCUT2D eigenvalue weighted by atomic mass is 9.67. The predicted octanol–water partition coefficient (Wildman–Crippen LogP) is 3.47. The molecule has 0 aliphatic heterocycles. The molecule has 2 heteroatoms. The van der Waals surface area contributed by atoms with Crippen molar-refractivity contribution in [1.82, 2.24) is 0 Å². The van der Waals surface area contributed by atoms with Gasteiger partial charge in [-0.2, -0.15) is 0 Å². The minimum absolute atomic E-state index is 0.0719. The number of hydrogen-bond acceptors (Lipinski definition) is 2. The Morgan fingerprint density at radius 1 is 1.28 bits per heavy atom. The monoisotopic (exact) mass is 246 g/mol. The number of Topliss-reactive ketones (excluding diaryl/α,β-unsaturated/α-hetero) is 1. The Hall–Kier alpha value is -1.18. The lowest BCUT2D eigenvalue weighted by molar-refractivity contribution is -0.117. The van der Waals surface area contributed by atoms with Crippen LogP contribution < -0.4 is 0 Å². The minimum Gasteiger partial charge on any atom is -0.290 e. The molecule has 2 aliphatic carbocycles. The summed E-state index contributed by atoms with van der Waals surface area (Å²) in [5.74, 6) is 1.18. The maximum Gasteiger partial charge on any atom is 0.185 e. The van der Waals surface area contributed by atoms with Crippen LogP contribution in [0.4, 0.5) is 0 Å². The first-order valence-electron chi connectivity index (χ1n) is 6.98. The molecule has 3 atom stereocenters. The van der Waals surface area contributed by atoms with Crippen LogP contribution in [0.5, 0.6) is 0 Å². The van der Waals surface area contributed by atoms with Crippen molar-refractivity contribution in [3.05, 3.63) is 22.8 Å². The van der Waals surface area contributed by atoms with E-state index in [2.05, 4.69) is 20.8 Å². The third-order valence-corrected chi connectivity index (χ3v) is 4.61. The van der Waals surface area contributed by atoms with Gasteiger partial charge < -0.3 is 0 Å². The Kier molecular flexibility index (Phi) is 3.56. The molecule has 3 unspecified atom stereocenters. The van der Waals surface area contributed by atoms with E-state index in [0.717, 1.165) is 30.4 Å². The summed E-state index contributed by atoms with van der Waals surface area (Å²) < 4.78 is 0. The number of ketones is 2. The maximum absolute atomic E-state index is 12.4. The van der Waals surface area contributed by atoms with Gasteiger partial charge >= 0.3 is 0 Å². The average molecular weight is 246 g/mol. The molecule has 2 aliphatic rings. The molecule has 0 heterocycles. The highest BCUT2D eigenvalue weighted by Crippen LogP contribution is 2.42. The molecule has 0 aromatic carbocycles. The topological polar surface area (TPSA) is 34.1 Å². The van der Waals surface area contributed by atoms with Gasteiger partial charge in [0.15, 0.2) is 11.6 Å². The van der Waals surface area contributed by atoms with Gasteiger partial charge in [-0.3, -0.25) is 9.59 Å². The van der Waals surface area contributed by atoms with Crippen LogP contribution in [0, 0.1) is 17.8 Å². The molecule has 0 radical (unpaired) electrons. The van der Waals surface area contributed by atoms with E-state index in [9.17, 15) is 9.59 Å². The highest BCUT2D eigenvalue weighted by molar-refractivity contribution is 6.23. The van der Waals surface area contributed by atoms with Gasteiger partial charge in [-0.1, -0.05) is 27.2 Å². The van der Waals surface area contributed by atoms with E-state index in [-0.39, 0.29) is 23.4 Å². The van der Waals surface area contributed by atoms with Gasteiger partial charge in [0, 0.05) is 16.7 Å². The highest BCUT2D eigenvalue weighted by atomic mass is 16.1. The van der Waals surface area contributed by atoms with E-state index >= 15 is 0 Å². The molecule has 0 aromatic rings. The minimum atomic E-state index is 0.0719. The highest BCUT2D eigenvalue weighted by Gasteiger charge is 2.38. The lowest BCUT2D eigenvalue weighted by Crippen LogP contribution is -2.33. The summed E-state index contributed by atoms with van der Waals surface area (Å²) in [4.78, 5) is 24.6. The lowest BCUT2D eigenvalue weighted by Gasteiger charge is -2.36. The van der Waals surface area contributed by atoms with Crippen molar-refractivity contribution in [2.24, 2.45) is 17.8 Å². The third kappa shape index (κ3) is 1.98. The molecule has 0 bridgehead atoms. The summed E-state index contributed by atoms with van der Waals surface area (Å²) >= 11 is 0. The molecule has 0 N–H and O–H groups in total. The van der Waals surface area contributed by atoms with Crippen LogP contribution in [-0.2, 0) is 9.59 Å². The Morgan fingerprint density at radius 3 is 2.56 bits per heavy atom. The zero-order chi connectivity index (χ0) is 13.4. The van der Waals surface area contributed by atoms with Crippen LogP contribution in [0.15, 0.2) is 22.8 Å². The first-order chi connectivity index (χ1) is 8.47. The number of carbonyl (C=O) groups is 2. The fraction of sp³-hybridized carbons (Fsp3) is 0.625. The van der Waals surface area contributed by atoms with Gasteiger partial charge in [0.2, 0.25) is 0 Å². The second-order valence-electron chi connectivity index (χ2n) is 5.82. The van der Waals surface area contributed by atoms with Gasteiger partial charge in [0.25, 0.3) is 0 Å². The summed E-state index contributed by atoms with van der Waals surface area (Å²) in [6.45, 7) is 8.18. The van der Waals surface area contributed by atoms with Crippen molar-refractivity contribution >= 4 is 11.6 Å². The number of rotatable bonds is 2. The Balaban J connectivity index is 2.51. The van der Waals surface area contributed by atoms with Crippen molar-refractivity contribution in [1.29, 1.82) is 0 Å². The van der Waals surface area contributed by atoms with E-state index in [0.29, 0.717) is 11.5 Å². The molecule has 0 aromatic heterocycles. The molecular weight excluding hydrogens is 224 g/mol. The Labute approximate surface area is 109 Å². The van der Waals surface area contributed by atoms with Crippen molar-refractivity contribution < 1.29 is 9.59 Å². The van der Waals surface area contributed by atoms with Gasteiger partial charge in [0.1, 0.15) is 0 Å². The number of allylic oxidation sites excluding steroid dienone is 4. The molecule has 0 fully saturated rings. The van der Waals surface area contributed by atoms with Crippen molar-refractivity contribution in [3.63, 3.8) is 0 Å². The van der Waals surface area contributed by atoms with Crippen LogP contribution in [0.25, 0.3) is 0 Å². The van der Waals surface area contributed by atoms with E-state index in [1.807, 2.05) is 0 Å². The smallest absolute Gasteiger partial charge is 0.185 e.